The maximum Gasteiger partial charge on any atom is 0.168 e. The minimum atomic E-state index is -0.297. The Labute approximate surface area is 94.4 Å². The number of ketones is 1. The van der Waals surface area contributed by atoms with Crippen LogP contribution >= 0.6 is 0 Å². The zero-order chi connectivity index (χ0) is 11.5. The number of benzene rings is 1. The highest BCUT2D eigenvalue weighted by molar-refractivity contribution is 5.99. The number of carbonyl (C=O) groups excluding carboxylic acids is 1. The quantitative estimate of drug-likeness (QED) is 0.719. The highest BCUT2D eigenvalue weighted by Gasteiger charge is 2.24. The van der Waals surface area contributed by atoms with Gasteiger partial charge in [0.05, 0.1) is 6.61 Å². The predicted molar refractivity (Wildman–Crippen MR) is 59.0 cm³/mol. The summed E-state index contributed by atoms with van der Waals surface area (Å²) in [6.45, 7) is 3.00. The molecule has 0 spiro atoms. The van der Waals surface area contributed by atoms with E-state index in [9.17, 15) is 9.18 Å². The van der Waals surface area contributed by atoms with Gasteiger partial charge in [-0.2, -0.15) is 0 Å². The molecule has 1 saturated heterocycles. The van der Waals surface area contributed by atoms with Crippen LogP contribution in [0.2, 0.25) is 0 Å². The van der Waals surface area contributed by atoms with Crippen molar-refractivity contribution in [2.75, 3.05) is 13.2 Å². The summed E-state index contributed by atoms with van der Waals surface area (Å²) >= 11 is 0. The monoisotopic (exact) mass is 222 g/mol. The molecule has 16 heavy (non-hydrogen) atoms. The van der Waals surface area contributed by atoms with Gasteiger partial charge in [-0.3, -0.25) is 4.79 Å². The van der Waals surface area contributed by atoms with E-state index in [0.29, 0.717) is 17.7 Å². The van der Waals surface area contributed by atoms with Crippen molar-refractivity contribution in [3.8, 4) is 0 Å². The standard InChI is InChI=1S/C13H15FO2/c1-9-7-11(14)4-5-12(9)13(15)10-3-2-6-16-8-10/h4-5,7,10H,2-3,6,8H2,1H3. The van der Waals surface area contributed by atoms with Gasteiger partial charge in [0.2, 0.25) is 0 Å². The number of carbonyl (C=O) groups is 1. The fourth-order valence-corrected chi connectivity index (χ4v) is 2.07. The van der Waals surface area contributed by atoms with Gasteiger partial charge < -0.3 is 4.74 Å². The molecule has 0 aromatic heterocycles. The number of hydrogen-bond donors (Lipinski definition) is 0. The predicted octanol–water partition coefficient (Wildman–Crippen LogP) is 2.74. The SMILES string of the molecule is Cc1cc(F)ccc1C(=O)C1CCCOC1. The van der Waals surface area contributed by atoms with Gasteiger partial charge in [-0.05, 0) is 43.5 Å². The summed E-state index contributed by atoms with van der Waals surface area (Å²) in [6.07, 6.45) is 1.80. The first-order chi connectivity index (χ1) is 7.68. The van der Waals surface area contributed by atoms with Crippen LogP contribution in [0, 0.1) is 18.7 Å². The van der Waals surface area contributed by atoms with Crippen LogP contribution in [0.25, 0.3) is 0 Å². The molecule has 0 amide bonds. The van der Waals surface area contributed by atoms with Crippen LogP contribution in [0.3, 0.4) is 0 Å². The van der Waals surface area contributed by atoms with Gasteiger partial charge in [0.1, 0.15) is 5.82 Å². The summed E-state index contributed by atoms with van der Waals surface area (Å²) in [5.74, 6) is -0.274. The molecule has 0 bridgehead atoms. The minimum Gasteiger partial charge on any atom is -0.381 e. The Bertz CT molecular complexity index is 395. The topological polar surface area (TPSA) is 26.3 Å². The molecule has 1 atom stereocenters. The lowest BCUT2D eigenvalue weighted by atomic mass is 9.90. The minimum absolute atomic E-state index is 0.0575. The smallest absolute Gasteiger partial charge is 0.168 e. The summed E-state index contributed by atoms with van der Waals surface area (Å²) in [6, 6.07) is 4.31. The van der Waals surface area contributed by atoms with Crippen LogP contribution in [-0.4, -0.2) is 19.0 Å². The summed E-state index contributed by atoms with van der Waals surface area (Å²) in [5, 5.41) is 0. The van der Waals surface area contributed by atoms with Gasteiger partial charge in [0, 0.05) is 18.1 Å². The van der Waals surface area contributed by atoms with Crippen molar-refractivity contribution in [1.29, 1.82) is 0 Å². The zero-order valence-electron chi connectivity index (χ0n) is 9.33. The van der Waals surface area contributed by atoms with Crippen LogP contribution < -0.4 is 0 Å². The molecule has 3 heteroatoms. The van der Waals surface area contributed by atoms with Crippen LogP contribution in [0.15, 0.2) is 18.2 Å². The molecule has 86 valence electrons. The van der Waals surface area contributed by atoms with Gasteiger partial charge in [-0.15, -0.1) is 0 Å². The van der Waals surface area contributed by atoms with Gasteiger partial charge in [-0.1, -0.05) is 0 Å². The second-order valence-electron chi connectivity index (χ2n) is 4.24. The number of ether oxygens (including phenoxy) is 1. The first-order valence-electron chi connectivity index (χ1n) is 5.56. The molecular formula is C13H15FO2. The number of rotatable bonds is 2. The Kier molecular flexibility index (Phi) is 3.34. The van der Waals surface area contributed by atoms with E-state index in [-0.39, 0.29) is 17.5 Å². The number of halogens is 1. The lowest BCUT2D eigenvalue weighted by molar-refractivity contribution is 0.0461. The summed E-state index contributed by atoms with van der Waals surface area (Å²) in [5.41, 5.74) is 1.33. The maximum absolute atomic E-state index is 12.9. The van der Waals surface area contributed by atoms with Gasteiger partial charge in [0.25, 0.3) is 0 Å². The summed E-state index contributed by atoms with van der Waals surface area (Å²) in [4.78, 5) is 12.1. The number of hydrogen-bond acceptors (Lipinski definition) is 2. The molecule has 1 aliphatic heterocycles. The average molecular weight is 222 g/mol. The Morgan fingerprint density at radius 1 is 1.50 bits per heavy atom. The van der Waals surface area contributed by atoms with Crippen molar-refractivity contribution in [2.45, 2.75) is 19.8 Å². The molecule has 1 heterocycles. The Balaban J connectivity index is 2.19. The molecule has 0 N–H and O–H groups in total. The van der Waals surface area contributed by atoms with Crippen LogP contribution in [0.4, 0.5) is 4.39 Å². The highest BCUT2D eigenvalue weighted by Crippen LogP contribution is 2.21. The number of Topliss-reactive ketones (excluding diaryl/α,β-unsaturated/α-hetero) is 1. The van der Waals surface area contributed by atoms with Crippen molar-refractivity contribution < 1.29 is 13.9 Å². The van der Waals surface area contributed by atoms with E-state index in [4.69, 9.17) is 4.74 Å². The van der Waals surface area contributed by atoms with E-state index in [1.165, 1.54) is 12.1 Å². The molecular weight excluding hydrogens is 207 g/mol. The second-order valence-corrected chi connectivity index (χ2v) is 4.24. The van der Waals surface area contributed by atoms with E-state index < -0.39 is 0 Å². The Hall–Kier alpha value is -1.22. The molecule has 1 aromatic rings. The van der Waals surface area contributed by atoms with E-state index in [1.807, 2.05) is 0 Å². The normalized spacial score (nSPS) is 20.8. The molecule has 2 nitrogen and oxygen atoms in total. The van der Waals surface area contributed by atoms with Crippen LogP contribution in [-0.2, 0) is 4.74 Å². The van der Waals surface area contributed by atoms with E-state index in [0.717, 1.165) is 19.4 Å². The lowest BCUT2D eigenvalue weighted by Gasteiger charge is -2.21. The molecule has 1 aliphatic rings. The highest BCUT2D eigenvalue weighted by atomic mass is 19.1. The fraction of sp³-hybridized carbons (Fsp3) is 0.462. The Morgan fingerprint density at radius 2 is 2.31 bits per heavy atom. The van der Waals surface area contributed by atoms with Crippen molar-refractivity contribution in [1.82, 2.24) is 0 Å². The third kappa shape index (κ3) is 2.30. The molecule has 0 radical (unpaired) electrons. The first-order valence-corrected chi connectivity index (χ1v) is 5.56. The fourth-order valence-electron chi connectivity index (χ4n) is 2.07. The van der Waals surface area contributed by atoms with Crippen molar-refractivity contribution in [3.05, 3.63) is 35.1 Å². The molecule has 1 fully saturated rings. The lowest BCUT2D eigenvalue weighted by Crippen LogP contribution is -2.25. The van der Waals surface area contributed by atoms with E-state index in [1.54, 1.807) is 13.0 Å². The molecule has 1 aromatic carbocycles. The third-order valence-electron chi connectivity index (χ3n) is 2.98. The molecule has 2 rings (SSSR count). The molecule has 0 aliphatic carbocycles. The van der Waals surface area contributed by atoms with Gasteiger partial charge in [-0.25, -0.2) is 4.39 Å². The van der Waals surface area contributed by atoms with Crippen molar-refractivity contribution in [3.63, 3.8) is 0 Å². The summed E-state index contributed by atoms with van der Waals surface area (Å²) in [7, 11) is 0. The summed E-state index contributed by atoms with van der Waals surface area (Å²) < 4.78 is 18.2. The molecule has 1 unspecified atom stereocenters. The third-order valence-corrected chi connectivity index (χ3v) is 2.98. The number of aryl methyl sites for hydroxylation is 1. The van der Waals surface area contributed by atoms with Crippen molar-refractivity contribution >= 4 is 5.78 Å². The van der Waals surface area contributed by atoms with E-state index in [2.05, 4.69) is 0 Å². The van der Waals surface area contributed by atoms with Crippen molar-refractivity contribution in [2.24, 2.45) is 5.92 Å². The van der Waals surface area contributed by atoms with Crippen LogP contribution in [0.5, 0.6) is 0 Å². The van der Waals surface area contributed by atoms with Gasteiger partial charge >= 0.3 is 0 Å². The largest absolute Gasteiger partial charge is 0.381 e. The maximum atomic E-state index is 12.9. The Morgan fingerprint density at radius 3 is 2.94 bits per heavy atom. The second kappa shape index (κ2) is 4.74. The average Bonchev–Trinajstić information content (AvgIpc) is 2.29. The van der Waals surface area contributed by atoms with Crippen LogP contribution in [0.1, 0.15) is 28.8 Å². The first kappa shape index (κ1) is 11.3. The van der Waals surface area contributed by atoms with E-state index >= 15 is 0 Å². The zero-order valence-corrected chi connectivity index (χ0v) is 9.33. The van der Waals surface area contributed by atoms with Gasteiger partial charge in [0.15, 0.2) is 5.78 Å². The molecule has 0 saturated carbocycles.